The van der Waals surface area contributed by atoms with Gasteiger partial charge in [0.2, 0.25) is 0 Å². The normalized spacial score (nSPS) is 25.3. The standard InChI is InChI=1S/C12H13ClFNO3/c1-12(2)10(13)6-11(12)18-9-5-7(14)3-4-8(9)15(16)17/h3-5,10-11H,6H2,1-2H3. The SMILES string of the molecule is CC1(C)C(Cl)CC1Oc1cc(F)ccc1[N+](=O)[O-]. The second-order valence-electron chi connectivity index (χ2n) is 5.00. The van der Waals surface area contributed by atoms with Crippen LogP contribution < -0.4 is 4.74 Å². The minimum Gasteiger partial charge on any atom is -0.483 e. The summed E-state index contributed by atoms with van der Waals surface area (Å²) in [7, 11) is 0. The number of hydrogen-bond donors (Lipinski definition) is 0. The van der Waals surface area contributed by atoms with E-state index < -0.39 is 10.7 Å². The Bertz CT molecular complexity index is 492. The zero-order valence-electron chi connectivity index (χ0n) is 10.0. The molecule has 1 aromatic carbocycles. The minimum absolute atomic E-state index is 0.0323. The number of nitrogens with zero attached hydrogens (tertiary/aromatic N) is 1. The molecule has 0 aliphatic heterocycles. The highest BCUT2D eigenvalue weighted by Crippen LogP contribution is 2.47. The predicted molar refractivity (Wildman–Crippen MR) is 65.5 cm³/mol. The van der Waals surface area contributed by atoms with Crippen LogP contribution in [0.2, 0.25) is 0 Å². The van der Waals surface area contributed by atoms with Gasteiger partial charge in [-0.05, 0) is 6.07 Å². The van der Waals surface area contributed by atoms with Crippen LogP contribution in [0, 0.1) is 21.3 Å². The molecule has 0 spiro atoms. The maximum atomic E-state index is 13.1. The summed E-state index contributed by atoms with van der Waals surface area (Å²) in [6.45, 7) is 3.84. The van der Waals surface area contributed by atoms with Crippen molar-refractivity contribution in [3.8, 4) is 5.75 Å². The molecule has 0 radical (unpaired) electrons. The number of ether oxygens (including phenoxy) is 1. The number of hydrogen-bond acceptors (Lipinski definition) is 3. The lowest BCUT2D eigenvalue weighted by Crippen LogP contribution is -2.53. The fourth-order valence-corrected chi connectivity index (χ4v) is 2.23. The maximum Gasteiger partial charge on any atom is 0.311 e. The first kappa shape index (κ1) is 13.1. The van der Waals surface area contributed by atoms with Gasteiger partial charge in [0.05, 0.1) is 4.92 Å². The lowest BCUT2D eigenvalue weighted by atomic mass is 9.68. The molecule has 1 aliphatic carbocycles. The highest BCUT2D eigenvalue weighted by Gasteiger charge is 2.49. The van der Waals surface area contributed by atoms with Gasteiger partial charge in [-0.2, -0.15) is 0 Å². The summed E-state index contributed by atoms with van der Waals surface area (Å²) in [5, 5.41) is 10.8. The van der Waals surface area contributed by atoms with Crippen LogP contribution in [-0.4, -0.2) is 16.4 Å². The maximum absolute atomic E-state index is 13.1. The molecule has 2 rings (SSSR count). The van der Waals surface area contributed by atoms with Gasteiger partial charge >= 0.3 is 5.69 Å². The van der Waals surface area contributed by atoms with Crippen molar-refractivity contribution in [1.29, 1.82) is 0 Å². The Morgan fingerprint density at radius 1 is 1.56 bits per heavy atom. The molecular weight excluding hydrogens is 261 g/mol. The molecule has 0 bridgehead atoms. The highest BCUT2D eigenvalue weighted by molar-refractivity contribution is 6.21. The number of nitro groups is 1. The van der Waals surface area contributed by atoms with Crippen LogP contribution in [0.5, 0.6) is 5.75 Å². The van der Waals surface area contributed by atoms with Gasteiger partial charge in [-0.3, -0.25) is 10.1 Å². The first-order chi connectivity index (χ1) is 8.32. The molecule has 2 unspecified atom stereocenters. The van der Waals surface area contributed by atoms with E-state index in [9.17, 15) is 14.5 Å². The van der Waals surface area contributed by atoms with Crippen LogP contribution in [0.3, 0.4) is 0 Å². The largest absolute Gasteiger partial charge is 0.483 e. The highest BCUT2D eigenvalue weighted by atomic mass is 35.5. The molecule has 6 heteroatoms. The second-order valence-corrected chi connectivity index (χ2v) is 5.53. The van der Waals surface area contributed by atoms with E-state index in [4.69, 9.17) is 16.3 Å². The first-order valence-electron chi connectivity index (χ1n) is 5.57. The average molecular weight is 274 g/mol. The Hall–Kier alpha value is -1.36. The number of benzene rings is 1. The van der Waals surface area contributed by atoms with Crippen molar-refractivity contribution in [2.24, 2.45) is 5.41 Å². The summed E-state index contributed by atoms with van der Waals surface area (Å²) < 4.78 is 18.7. The molecule has 4 nitrogen and oxygen atoms in total. The van der Waals surface area contributed by atoms with Gasteiger partial charge in [-0.25, -0.2) is 4.39 Å². The van der Waals surface area contributed by atoms with Crippen LogP contribution in [-0.2, 0) is 0 Å². The van der Waals surface area contributed by atoms with E-state index in [1.165, 1.54) is 0 Å². The van der Waals surface area contributed by atoms with Crippen LogP contribution in [0.15, 0.2) is 18.2 Å². The molecule has 2 atom stereocenters. The topological polar surface area (TPSA) is 52.4 Å². The molecule has 18 heavy (non-hydrogen) atoms. The van der Waals surface area contributed by atoms with Crippen LogP contribution >= 0.6 is 11.6 Å². The fourth-order valence-electron chi connectivity index (χ4n) is 1.92. The van der Waals surface area contributed by atoms with Gasteiger partial charge in [-0.15, -0.1) is 11.6 Å². The molecule has 1 saturated carbocycles. The molecule has 1 aliphatic rings. The third-order valence-electron chi connectivity index (χ3n) is 3.45. The smallest absolute Gasteiger partial charge is 0.311 e. The monoisotopic (exact) mass is 273 g/mol. The van der Waals surface area contributed by atoms with E-state index >= 15 is 0 Å². The summed E-state index contributed by atoms with van der Waals surface area (Å²) in [5.41, 5.74) is -0.507. The van der Waals surface area contributed by atoms with Crippen LogP contribution in [0.4, 0.5) is 10.1 Å². The van der Waals surface area contributed by atoms with Gasteiger partial charge in [0.25, 0.3) is 0 Å². The lowest BCUT2D eigenvalue weighted by molar-refractivity contribution is -0.386. The lowest BCUT2D eigenvalue weighted by Gasteiger charge is -2.48. The Morgan fingerprint density at radius 3 is 2.72 bits per heavy atom. The van der Waals surface area contributed by atoms with Crippen molar-refractivity contribution in [2.75, 3.05) is 0 Å². The fraction of sp³-hybridized carbons (Fsp3) is 0.500. The summed E-state index contributed by atoms with van der Waals surface area (Å²) in [5.74, 6) is -0.600. The zero-order chi connectivity index (χ0) is 13.5. The van der Waals surface area contributed by atoms with E-state index in [0.29, 0.717) is 6.42 Å². The van der Waals surface area contributed by atoms with Crippen LogP contribution in [0.25, 0.3) is 0 Å². The number of rotatable bonds is 3. The summed E-state index contributed by atoms with van der Waals surface area (Å²) >= 11 is 6.05. The molecule has 0 aromatic heterocycles. The van der Waals surface area contributed by atoms with Crippen LogP contribution in [0.1, 0.15) is 20.3 Å². The van der Waals surface area contributed by atoms with Crippen molar-refractivity contribution in [2.45, 2.75) is 31.7 Å². The summed E-state index contributed by atoms with van der Waals surface area (Å²) in [6, 6.07) is 3.19. The molecule has 0 saturated heterocycles. The quantitative estimate of drug-likeness (QED) is 0.481. The van der Waals surface area contributed by atoms with Gasteiger partial charge in [0, 0.05) is 29.3 Å². The molecular formula is C12H13ClFNO3. The molecule has 0 heterocycles. The van der Waals surface area contributed by atoms with Crippen molar-refractivity contribution in [3.63, 3.8) is 0 Å². The summed E-state index contributed by atoms with van der Waals surface area (Å²) in [6.07, 6.45) is 0.364. The Labute approximate surface area is 109 Å². The van der Waals surface area contributed by atoms with E-state index in [2.05, 4.69) is 0 Å². The molecule has 1 fully saturated rings. The predicted octanol–water partition coefficient (Wildman–Crippen LogP) is 3.52. The van der Waals surface area contributed by atoms with E-state index in [0.717, 1.165) is 18.2 Å². The van der Waals surface area contributed by atoms with Crippen molar-refractivity contribution in [1.82, 2.24) is 0 Å². The van der Waals surface area contributed by atoms with E-state index in [1.54, 1.807) is 0 Å². The van der Waals surface area contributed by atoms with E-state index in [-0.39, 0.29) is 28.3 Å². The number of nitro benzene ring substituents is 1. The third-order valence-corrected chi connectivity index (χ3v) is 4.19. The Balaban J connectivity index is 2.24. The van der Waals surface area contributed by atoms with Crippen molar-refractivity contribution < 1.29 is 14.1 Å². The molecule has 1 aromatic rings. The Kier molecular flexibility index (Phi) is 3.19. The first-order valence-corrected chi connectivity index (χ1v) is 6.00. The van der Waals surface area contributed by atoms with E-state index in [1.807, 2.05) is 13.8 Å². The minimum atomic E-state index is -0.585. The van der Waals surface area contributed by atoms with Gasteiger partial charge < -0.3 is 4.74 Å². The Morgan fingerprint density at radius 2 is 2.22 bits per heavy atom. The molecule has 0 N–H and O–H groups in total. The molecule has 0 amide bonds. The zero-order valence-corrected chi connectivity index (χ0v) is 10.8. The molecule has 98 valence electrons. The second kappa shape index (κ2) is 4.39. The van der Waals surface area contributed by atoms with Gasteiger partial charge in [-0.1, -0.05) is 13.8 Å². The average Bonchev–Trinajstić information content (AvgIpc) is 2.28. The summed E-state index contributed by atoms with van der Waals surface area (Å²) in [4.78, 5) is 10.2. The number of alkyl halides is 1. The van der Waals surface area contributed by atoms with Crippen molar-refractivity contribution in [3.05, 3.63) is 34.1 Å². The third kappa shape index (κ3) is 2.14. The van der Waals surface area contributed by atoms with Crippen molar-refractivity contribution >= 4 is 17.3 Å². The van der Waals surface area contributed by atoms with Gasteiger partial charge in [0.1, 0.15) is 11.9 Å². The number of halogens is 2. The van der Waals surface area contributed by atoms with Gasteiger partial charge in [0.15, 0.2) is 5.75 Å².